The van der Waals surface area contributed by atoms with Gasteiger partial charge in [0.15, 0.2) is 11.5 Å². The molecule has 32 heavy (non-hydrogen) atoms. The van der Waals surface area contributed by atoms with Crippen LogP contribution in [0.2, 0.25) is 10.0 Å². The highest BCUT2D eigenvalue weighted by molar-refractivity contribution is 8.18. The van der Waals surface area contributed by atoms with Gasteiger partial charge in [-0.2, -0.15) is 0 Å². The van der Waals surface area contributed by atoms with E-state index in [1.807, 2.05) is 0 Å². The molecule has 0 unspecified atom stereocenters. The number of furan rings is 1. The Morgan fingerprint density at radius 1 is 1.06 bits per heavy atom. The predicted octanol–water partition coefficient (Wildman–Crippen LogP) is 6.36. The first-order chi connectivity index (χ1) is 15.4. The van der Waals surface area contributed by atoms with E-state index in [4.69, 9.17) is 37.1 Å². The third kappa shape index (κ3) is 3.85. The molecule has 2 aromatic carbocycles. The first-order valence-corrected chi connectivity index (χ1v) is 10.8. The van der Waals surface area contributed by atoms with Crippen LogP contribution in [0.4, 0.5) is 9.18 Å². The van der Waals surface area contributed by atoms with Gasteiger partial charge in [0, 0.05) is 22.2 Å². The quantitative estimate of drug-likeness (QED) is 0.395. The van der Waals surface area contributed by atoms with Crippen molar-refractivity contribution in [3.63, 3.8) is 0 Å². The highest BCUT2D eigenvalue weighted by Crippen LogP contribution is 2.39. The molecule has 1 fully saturated rings. The minimum atomic E-state index is -0.528. The van der Waals surface area contributed by atoms with Crippen LogP contribution in [0.5, 0.6) is 11.5 Å². The van der Waals surface area contributed by atoms with Crippen LogP contribution in [-0.4, -0.2) is 22.8 Å². The molecular formula is C22H12Cl2FNO5S. The molecule has 1 saturated heterocycles. The Kier molecular flexibility index (Phi) is 5.36. The first-order valence-electron chi connectivity index (χ1n) is 9.28. The fourth-order valence-corrected chi connectivity index (χ4v) is 4.47. The third-order valence-corrected chi connectivity index (χ3v) is 6.33. The van der Waals surface area contributed by atoms with Crippen LogP contribution in [0.25, 0.3) is 17.4 Å². The maximum atomic E-state index is 14.1. The molecule has 0 N–H and O–H groups in total. The SMILES string of the molecule is O=C1SC(=Cc2ccc(-c3ccc(Cl)cc3F)o2)C(=O)N1Cc1cc2c(cc1Cl)OCO2. The lowest BCUT2D eigenvalue weighted by Crippen LogP contribution is -2.27. The van der Waals surface area contributed by atoms with E-state index in [0.29, 0.717) is 27.8 Å². The van der Waals surface area contributed by atoms with E-state index in [1.54, 1.807) is 30.3 Å². The molecular weight excluding hydrogens is 480 g/mol. The van der Waals surface area contributed by atoms with Crippen LogP contribution in [0.3, 0.4) is 0 Å². The Morgan fingerprint density at radius 2 is 1.84 bits per heavy atom. The Morgan fingerprint density at radius 3 is 2.62 bits per heavy atom. The summed E-state index contributed by atoms with van der Waals surface area (Å²) < 4.78 is 30.4. The van der Waals surface area contributed by atoms with Gasteiger partial charge in [0.1, 0.15) is 17.3 Å². The summed E-state index contributed by atoms with van der Waals surface area (Å²) in [6, 6.07) is 10.6. The van der Waals surface area contributed by atoms with Gasteiger partial charge in [-0.05, 0) is 53.7 Å². The molecule has 0 aliphatic carbocycles. The van der Waals surface area contributed by atoms with E-state index in [1.165, 1.54) is 18.2 Å². The monoisotopic (exact) mass is 491 g/mol. The Hall–Kier alpha value is -2.94. The van der Waals surface area contributed by atoms with Crippen molar-refractivity contribution >= 4 is 52.2 Å². The molecule has 2 amide bonds. The summed E-state index contributed by atoms with van der Waals surface area (Å²) >= 11 is 12.8. The van der Waals surface area contributed by atoms with E-state index in [2.05, 4.69) is 0 Å². The fourth-order valence-electron chi connectivity index (χ4n) is 3.28. The number of carbonyl (C=O) groups excluding carboxylic acids is 2. The second-order valence-electron chi connectivity index (χ2n) is 6.89. The minimum absolute atomic E-state index is 0.0170. The summed E-state index contributed by atoms with van der Waals surface area (Å²) in [5.74, 6) is 0.587. The molecule has 10 heteroatoms. The topological polar surface area (TPSA) is 69.0 Å². The highest BCUT2D eigenvalue weighted by Gasteiger charge is 2.36. The van der Waals surface area contributed by atoms with Crippen LogP contribution in [0, 0.1) is 5.82 Å². The van der Waals surface area contributed by atoms with Crippen molar-refractivity contribution in [2.75, 3.05) is 6.79 Å². The number of ether oxygens (including phenoxy) is 2. The van der Waals surface area contributed by atoms with Gasteiger partial charge in [-0.3, -0.25) is 14.5 Å². The normalized spacial score (nSPS) is 16.5. The number of amides is 2. The molecule has 2 aliphatic heterocycles. The van der Waals surface area contributed by atoms with Gasteiger partial charge in [0.05, 0.1) is 17.0 Å². The van der Waals surface area contributed by atoms with Gasteiger partial charge in [0.25, 0.3) is 11.1 Å². The van der Waals surface area contributed by atoms with Crippen molar-refractivity contribution < 1.29 is 27.9 Å². The smallest absolute Gasteiger partial charge is 0.293 e. The lowest BCUT2D eigenvalue weighted by molar-refractivity contribution is -0.123. The van der Waals surface area contributed by atoms with Crippen LogP contribution < -0.4 is 9.47 Å². The molecule has 6 nitrogen and oxygen atoms in total. The van der Waals surface area contributed by atoms with Crippen molar-refractivity contribution in [3.8, 4) is 22.8 Å². The summed E-state index contributed by atoms with van der Waals surface area (Å²) in [6.07, 6.45) is 1.45. The first kappa shape index (κ1) is 20.9. The van der Waals surface area contributed by atoms with Crippen LogP contribution in [0.15, 0.2) is 51.8 Å². The summed E-state index contributed by atoms with van der Waals surface area (Å²) in [5, 5.41) is 0.192. The molecule has 0 spiro atoms. The Balaban J connectivity index is 1.37. The van der Waals surface area contributed by atoms with Crippen LogP contribution in [0.1, 0.15) is 11.3 Å². The third-order valence-electron chi connectivity index (χ3n) is 4.84. The molecule has 0 bridgehead atoms. The second kappa shape index (κ2) is 8.20. The number of rotatable bonds is 4. The fraction of sp³-hybridized carbons (Fsp3) is 0.0909. The van der Waals surface area contributed by atoms with Crippen molar-refractivity contribution in [1.29, 1.82) is 0 Å². The van der Waals surface area contributed by atoms with Crippen LogP contribution >= 0.6 is 35.0 Å². The van der Waals surface area contributed by atoms with Gasteiger partial charge >= 0.3 is 0 Å². The second-order valence-corrected chi connectivity index (χ2v) is 8.73. The van der Waals surface area contributed by atoms with E-state index >= 15 is 0 Å². The Bertz CT molecular complexity index is 1310. The summed E-state index contributed by atoms with van der Waals surface area (Å²) in [5.41, 5.74) is 0.789. The molecule has 3 aromatic rings. The van der Waals surface area contributed by atoms with E-state index in [9.17, 15) is 14.0 Å². The van der Waals surface area contributed by atoms with E-state index in [0.717, 1.165) is 16.7 Å². The van der Waals surface area contributed by atoms with Gasteiger partial charge in [-0.25, -0.2) is 4.39 Å². The number of hydrogen-bond donors (Lipinski definition) is 0. The molecule has 3 heterocycles. The lowest BCUT2D eigenvalue weighted by Gasteiger charge is -2.14. The van der Waals surface area contributed by atoms with Gasteiger partial charge in [-0.1, -0.05) is 23.2 Å². The molecule has 0 atom stereocenters. The number of halogens is 3. The van der Waals surface area contributed by atoms with Gasteiger partial charge in [-0.15, -0.1) is 0 Å². The predicted molar refractivity (Wildman–Crippen MR) is 118 cm³/mol. The largest absolute Gasteiger partial charge is 0.457 e. The number of carbonyl (C=O) groups is 2. The highest BCUT2D eigenvalue weighted by atomic mass is 35.5. The van der Waals surface area contributed by atoms with Gasteiger partial charge in [0.2, 0.25) is 6.79 Å². The van der Waals surface area contributed by atoms with Gasteiger partial charge < -0.3 is 13.9 Å². The molecule has 5 rings (SSSR count). The number of hydrogen-bond acceptors (Lipinski definition) is 6. The summed E-state index contributed by atoms with van der Waals surface area (Å²) in [7, 11) is 0. The van der Waals surface area contributed by atoms with Crippen molar-refractivity contribution in [1.82, 2.24) is 4.90 Å². The minimum Gasteiger partial charge on any atom is -0.457 e. The zero-order valence-electron chi connectivity index (χ0n) is 16.1. The average Bonchev–Trinajstić information content (AvgIpc) is 3.45. The molecule has 0 saturated carbocycles. The zero-order chi connectivity index (χ0) is 22.4. The van der Waals surface area contributed by atoms with Crippen molar-refractivity contribution in [3.05, 3.63) is 74.6 Å². The summed E-state index contributed by atoms with van der Waals surface area (Å²) in [6.45, 7) is 0.0708. The number of nitrogens with zero attached hydrogens (tertiary/aromatic N) is 1. The van der Waals surface area contributed by atoms with Crippen molar-refractivity contribution in [2.45, 2.75) is 6.54 Å². The molecule has 1 aromatic heterocycles. The molecule has 2 aliphatic rings. The van der Waals surface area contributed by atoms with E-state index in [-0.39, 0.29) is 34.6 Å². The zero-order valence-corrected chi connectivity index (χ0v) is 18.4. The maximum absolute atomic E-state index is 14.1. The van der Waals surface area contributed by atoms with E-state index < -0.39 is 17.0 Å². The number of imide groups is 1. The van der Waals surface area contributed by atoms with Crippen LogP contribution in [-0.2, 0) is 11.3 Å². The lowest BCUT2D eigenvalue weighted by atomic mass is 10.1. The number of thioether (sulfide) groups is 1. The maximum Gasteiger partial charge on any atom is 0.293 e. The number of benzene rings is 2. The average molecular weight is 492 g/mol. The summed E-state index contributed by atoms with van der Waals surface area (Å²) in [4.78, 5) is 26.6. The van der Waals surface area contributed by atoms with Crippen molar-refractivity contribution in [2.24, 2.45) is 0 Å². The molecule has 162 valence electrons. The Labute approximate surface area is 195 Å². The standard InChI is InChI=1S/C22H12Cl2FNO5S/c23-12-1-3-14(16(25)6-12)17-4-2-13(31-17)7-20-21(27)26(22(28)32-20)9-11-5-18-19(8-15(11)24)30-10-29-18/h1-8H,9-10H2. The molecule has 0 radical (unpaired) electrons. The number of fused-ring (bicyclic) bond motifs is 1.